The van der Waals surface area contributed by atoms with Crippen LogP contribution in [0.5, 0.6) is 11.5 Å². The molecule has 5 nitrogen and oxygen atoms in total. The van der Waals surface area contributed by atoms with Crippen LogP contribution in [0.25, 0.3) is 0 Å². The minimum absolute atomic E-state index is 0.0804. The number of carbonyl (C=O) groups is 1. The minimum Gasteiger partial charge on any atom is -0.508 e. The van der Waals surface area contributed by atoms with Crippen molar-refractivity contribution < 1.29 is 23.4 Å². The number of rotatable bonds is 10. The summed E-state index contributed by atoms with van der Waals surface area (Å²) in [6.45, 7) is 0.872. The van der Waals surface area contributed by atoms with Crippen LogP contribution in [0.2, 0.25) is 0 Å². The Labute approximate surface area is 157 Å². The molecule has 0 atom stereocenters. The Bertz CT molecular complexity index is 723. The fourth-order valence-electron chi connectivity index (χ4n) is 2.66. The third-order valence-corrected chi connectivity index (χ3v) is 3.93. The molecule has 0 aliphatic heterocycles. The first kappa shape index (κ1) is 20.6. The number of nitrogens with one attached hydrogen (secondary N) is 1. The van der Waals surface area contributed by atoms with E-state index in [0.717, 1.165) is 24.1 Å². The monoisotopic (exact) mass is 378 g/mol. The number of phenols is 1. The molecule has 0 spiro atoms. The maximum absolute atomic E-state index is 12.3. The average Bonchev–Trinajstić information content (AvgIpc) is 2.63. The highest BCUT2D eigenvalue weighted by Crippen LogP contribution is 2.18. The fraction of sp³-hybridized carbons (Fsp3) is 0.350. The van der Waals surface area contributed by atoms with Crippen LogP contribution in [0.4, 0.5) is 8.78 Å². The molecular formula is C20H24F2N2O3. The molecule has 2 rings (SSSR count). The normalized spacial score (nSPS) is 11.0. The van der Waals surface area contributed by atoms with Crippen molar-refractivity contribution >= 4 is 5.91 Å². The van der Waals surface area contributed by atoms with Crippen LogP contribution < -0.4 is 10.1 Å². The van der Waals surface area contributed by atoms with Crippen molar-refractivity contribution in [3.63, 3.8) is 0 Å². The number of aromatic hydroxyl groups is 1. The number of ether oxygens (including phenoxy) is 1. The summed E-state index contributed by atoms with van der Waals surface area (Å²) in [5, 5.41) is 12.7. The topological polar surface area (TPSA) is 61.8 Å². The van der Waals surface area contributed by atoms with E-state index in [0.29, 0.717) is 13.1 Å². The Hall–Kier alpha value is -2.67. The lowest BCUT2D eigenvalue weighted by atomic mass is 10.2. The fourth-order valence-corrected chi connectivity index (χ4v) is 2.66. The highest BCUT2D eigenvalue weighted by atomic mass is 19.3. The summed E-state index contributed by atoms with van der Waals surface area (Å²) in [6.07, 6.45) is 0.881. The van der Waals surface area contributed by atoms with Crippen molar-refractivity contribution in [2.24, 2.45) is 0 Å². The summed E-state index contributed by atoms with van der Waals surface area (Å²) < 4.78 is 28.6. The molecule has 146 valence electrons. The molecule has 0 unspecified atom stereocenters. The van der Waals surface area contributed by atoms with Gasteiger partial charge in [0, 0.05) is 18.7 Å². The molecule has 1 amide bonds. The Morgan fingerprint density at radius 1 is 1.19 bits per heavy atom. The molecule has 0 aliphatic rings. The first-order chi connectivity index (χ1) is 13.0. The quantitative estimate of drug-likeness (QED) is 0.664. The zero-order chi connectivity index (χ0) is 19.6. The van der Waals surface area contributed by atoms with Gasteiger partial charge in [-0.25, -0.2) is 0 Å². The lowest BCUT2D eigenvalue weighted by Gasteiger charge is -2.21. The summed E-state index contributed by atoms with van der Waals surface area (Å²) in [7, 11) is 0. The number of carbonyl (C=O) groups excluding carboxylic acids is 1. The van der Waals surface area contributed by atoms with Crippen molar-refractivity contribution in [1.82, 2.24) is 10.2 Å². The molecule has 2 aromatic rings. The molecule has 2 N–H and O–H groups in total. The van der Waals surface area contributed by atoms with E-state index in [4.69, 9.17) is 0 Å². The van der Waals surface area contributed by atoms with Gasteiger partial charge in [0.2, 0.25) is 5.91 Å². The number of benzene rings is 2. The summed E-state index contributed by atoms with van der Waals surface area (Å²) >= 11 is 0. The highest BCUT2D eigenvalue weighted by Gasteiger charge is 2.12. The molecular weight excluding hydrogens is 354 g/mol. The van der Waals surface area contributed by atoms with E-state index in [1.165, 1.54) is 12.1 Å². The molecule has 0 radical (unpaired) electrons. The van der Waals surface area contributed by atoms with Crippen LogP contribution in [0.15, 0.2) is 48.5 Å². The van der Waals surface area contributed by atoms with Crippen molar-refractivity contribution in [1.29, 1.82) is 0 Å². The Morgan fingerprint density at radius 2 is 1.89 bits per heavy atom. The minimum atomic E-state index is -2.86. The molecule has 0 heterocycles. The van der Waals surface area contributed by atoms with E-state index in [-0.39, 0.29) is 24.0 Å². The maximum atomic E-state index is 12.3. The largest absolute Gasteiger partial charge is 0.508 e. The maximum Gasteiger partial charge on any atom is 0.387 e. The summed E-state index contributed by atoms with van der Waals surface area (Å²) in [4.78, 5) is 14.2. The second-order valence-electron chi connectivity index (χ2n) is 6.14. The molecule has 27 heavy (non-hydrogen) atoms. The van der Waals surface area contributed by atoms with Gasteiger partial charge in [0.05, 0.1) is 6.54 Å². The van der Waals surface area contributed by atoms with E-state index in [9.17, 15) is 18.7 Å². The second kappa shape index (κ2) is 10.5. The number of nitrogens with zero attached hydrogens (tertiary/aromatic N) is 1. The van der Waals surface area contributed by atoms with E-state index in [1.54, 1.807) is 24.3 Å². The van der Waals surface area contributed by atoms with Crippen molar-refractivity contribution in [3.05, 3.63) is 59.7 Å². The molecule has 0 aliphatic carbocycles. The molecule has 7 heteroatoms. The van der Waals surface area contributed by atoms with Crippen LogP contribution in [0, 0.1) is 0 Å². The van der Waals surface area contributed by atoms with Crippen molar-refractivity contribution in [2.75, 3.05) is 13.1 Å². The van der Waals surface area contributed by atoms with Gasteiger partial charge in [0.1, 0.15) is 11.5 Å². The van der Waals surface area contributed by atoms with Gasteiger partial charge in [-0.1, -0.05) is 37.3 Å². The first-order valence-corrected chi connectivity index (χ1v) is 8.77. The number of para-hydroxylation sites is 1. The van der Waals surface area contributed by atoms with Gasteiger partial charge >= 0.3 is 6.61 Å². The van der Waals surface area contributed by atoms with Gasteiger partial charge in [-0.2, -0.15) is 8.78 Å². The lowest BCUT2D eigenvalue weighted by molar-refractivity contribution is -0.122. The van der Waals surface area contributed by atoms with Crippen LogP contribution in [0.3, 0.4) is 0 Å². The molecule has 0 aromatic heterocycles. The molecule has 0 bridgehead atoms. The van der Waals surface area contributed by atoms with Gasteiger partial charge < -0.3 is 15.2 Å². The predicted molar refractivity (Wildman–Crippen MR) is 98.6 cm³/mol. The van der Waals surface area contributed by atoms with E-state index >= 15 is 0 Å². The second-order valence-corrected chi connectivity index (χ2v) is 6.14. The zero-order valence-corrected chi connectivity index (χ0v) is 15.2. The van der Waals surface area contributed by atoms with Gasteiger partial charge in [0.25, 0.3) is 0 Å². The molecule has 0 fully saturated rings. The standard InChI is InChI=1S/C20H24F2N2O3/c1-2-11-24(13-16-5-3-4-6-18(16)25)14-19(26)23-12-15-7-9-17(10-8-15)27-20(21)22/h3-10,20,25H,2,11-14H2,1H3,(H,23,26). The van der Waals surface area contributed by atoms with Crippen LogP contribution in [-0.4, -0.2) is 35.6 Å². The Balaban J connectivity index is 1.85. The zero-order valence-electron chi connectivity index (χ0n) is 15.2. The Kier molecular flexibility index (Phi) is 8.00. The highest BCUT2D eigenvalue weighted by molar-refractivity contribution is 5.78. The Morgan fingerprint density at radius 3 is 2.52 bits per heavy atom. The predicted octanol–water partition coefficient (Wildman–Crippen LogP) is 3.52. The van der Waals surface area contributed by atoms with Crippen molar-refractivity contribution in [2.45, 2.75) is 33.0 Å². The van der Waals surface area contributed by atoms with E-state index in [2.05, 4.69) is 10.1 Å². The van der Waals surface area contributed by atoms with Gasteiger partial charge in [-0.05, 0) is 36.7 Å². The smallest absolute Gasteiger partial charge is 0.387 e. The van der Waals surface area contributed by atoms with Gasteiger partial charge in [-0.3, -0.25) is 9.69 Å². The van der Waals surface area contributed by atoms with Gasteiger partial charge in [0.15, 0.2) is 0 Å². The molecule has 0 saturated heterocycles. The summed E-state index contributed by atoms with van der Waals surface area (Å²) in [5.41, 5.74) is 1.56. The lowest BCUT2D eigenvalue weighted by Crippen LogP contribution is -2.37. The number of hydrogen-bond acceptors (Lipinski definition) is 4. The SMILES string of the molecule is CCCN(CC(=O)NCc1ccc(OC(F)F)cc1)Cc1ccccc1O. The molecule has 2 aromatic carbocycles. The van der Waals surface area contributed by atoms with Crippen LogP contribution >= 0.6 is 0 Å². The van der Waals surface area contributed by atoms with Crippen molar-refractivity contribution in [3.8, 4) is 11.5 Å². The molecule has 0 saturated carbocycles. The number of halogens is 2. The third kappa shape index (κ3) is 7.22. The average molecular weight is 378 g/mol. The van der Waals surface area contributed by atoms with E-state index in [1.807, 2.05) is 24.0 Å². The van der Waals surface area contributed by atoms with Crippen LogP contribution in [-0.2, 0) is 17.9 Å². The number of phenolic OH excluding ortho intramolecular Hbond substituents is 1. The number of hydrogen-bond donors (Lipinski definition) is 2. The number of amides is 1. The third-order valence-electron chi connectivity index (χ3n) is 3.93. The van der Waals surface area contributed by atoms with E-state index < -0.39 is 6.61 Å². The van der Waals surface area contributed by atoms with Crippen LogP contribution in [0.1, 0.15) is 24.5 Å². The first-order valence-electron chi connectivity index (χ1n) is 8.77. The summed E-state index contributed by atoms with van der Waals surface area (Å²) in [5.74, 6) is 0.147. The number of alkyl halides is 2. The summed E-state index contributed by atoms with van der Waals surface area (Å²) in [6, 6.07) is 13.2. The van der Waals surface area contributed by atoms with Gasteiger partial charge in [-0.15, -0.1) is 0 Å².